The number of aryl methyl sites for hydroxylation is 1. The first-order valence-electron chi connectivity index (χ1n) is 6.68. The molecule has 3 rings (SSSR count). The van der Waals surface area contributed by atoms with Gasteiger partial charge in [-0.15, -0.1) is 0 Å². The summed E-state index contributed by atoms with van der Waals surface area (Å²) < 4.78 is 27.9. The predicted octanol–water partition coefficient (Wildman–Crippen LogP) is 2.46. The highest BCUT2D eigenvalue weighted by Gasteiger charge is 2.46. The van der Waals surface area contributed by atoms with Gasteiger partial charge in [-0.3, -0.25) is 9.48 Å². The van der Waals surface area contributed by atoms with Crippen molar-refractivity contribution in [2.75, 3.05) is 11.9 Å². The van der Waals surface area contributed by atoms with Crippen LogP contribution in [0.3, 0.4) is 0 Å². The molecule has 2 aromatic rings. The van der Waals surface area contributed by atoms with Gasteiger partial charge in [-0.2, -0.15) is 5.10 Å². The third-order valence-corrected chi connectivity index (χ3v) is 3.88. The number of amides is 1. The van der Waals surface area contributed by atoms with Crippen LogP contribution in [0.4, 0.5) is 14.5 Å². The molecule has 1 aliphatic rings. The Hall–Kier alpha value is -2.24. The van der Waals surface area contributed by atoms with Crippen LogP contribution in [0.2, 0.25) is 0 Å². The molecule has 1 fully saturated rings. The van der Waals surface area contributed by atoms with Crippen molar-refractivity contribution in [3.05, 3.63) is 47.8 Å². The molecule has 1 heterocycles. The molecule has 6 heteroatoms. The van der Waals surface area contributed by atoms with Crippen molar-refractivity contribution in [3.63, 3.8) is 0 Å². The van der Waals surface area contributed by atoms with Crippen LogP contribution in [0.1, 0.15) is 17.9 Å². The molecule has 0 aliphatic heterocycles. The summed E-state index contributed by atoms with van der Waals surface area (Å²) in [6.45, 7) is 0. The van der Waals surface area contributed by atoms with E-state index in [9.17, 15) is 13.6 Å². The Morgan fingerprint density at radius 1 is 1.38 bits per heavy atom. The minimum atomic E-state index is -0.952. The fraction of sp³-hybridized carbons (Fsp3) is 0.333. The van der Waals surface area contributed by atoms with Crippen LogP contribution in [-0.2, 0) is 11.8 Å². The van der Waals surface area contributed by atoms with Crippen molar-refractivity contribution in [3.8, 4) is 0 Å². The van der Waals surface area contributed by atoms with E-state index < -0.39 is 11.6 Å². The zero-order chi connectivity index (χ0) is 15.1. The first-order chi connectivity index (χ1) is 9.97. The van der Waals surface area contributed by atoms with Crippen LogP contribution in [0.5, 0.6) is 0 Å². The molecule has 1 aromatic heterocycles. The van der Waals surface area contributed by atoms with Crippen molar-refractivity contribution in [2.45, 2.75) is 12.3 Å². The van der Waals surface area contributed by atoms with E-state index in [1.165, 1.54) is 11.0 Å². The van der Waals surface area contributed by atoms with E-state index >= 15 is 0 Å². The second kappa shape index (κ2) is 4.95. The van der Waals surface area contributed by atoms with Gasteiger partial charge in [-0.25, -0.2) is 8.78 Å². The number of rotatable bonds is 3. The van der Waals surface area contributed by atoms with E-state index in [4.69, 9.17) is 0 Å². The van der Waals surface area contributed by atoms with Crippen molar-refractivity contribution in [1.82, 2.24) is 9.78 Å². The standard InChI is InChI=1S/C15H15F2N3O/c1-19-8-9(7-18-19)11-6-12(11)15(21)20(2)10-3-4-13(16)14(17)5-10/h3-5,7-8,11-12H,6H2,1-2H3/t11-,12-/m1/s1. The highest BCUT2D eigenvalue weighted by Crippen LogP contribution is 2.48. The molecule has 0 bridgehead atoms. The maximum absolute atomic E-state index is 13.2. The molecule has 0 saturated heterocycles. The number of halogens is 2. The van der Waals surface area contributed by atoms with Crippen molar-refractivity contribution in [2.24, 2.45) is 13.0 Å². The number of aromatic nitrogens is 2. The minimum Gasteiger partial charge on any atom is -0.315 e. The second-order valence-corrected chi connectivity index (χ2v) is 5.39. The summed E-state index contributed by atoms with van der Waals surface area (Å²) >= 11 is 0. The van der Waals surface area contributed by atoms with Crippen LogP contribution >= 0.6 is 0 Å². The molecule has 0 spiro atoms. The molecule has 110 valence electrons. The molecular weight excluding hydrogens is 276 g/mol. The third-order valence-electron chi connectivity index (χ3n) is 3.88. The summed E-state index contributed by atoms with van der Waals surface area (Å²) in [6.07, 6.45) is 4.42. The van der Waals surface area contributed by atoms with Gasteiger partial charge < -0.3 is 4.90 Å². The van der Waals surface area contributed by atoms with Crippen molar-refractivity contribution in [1.29, 1.82) is 0 Å². The first kappa shape index (κ1) is 13.7. The molecule has 1 amide bonds. The summed E-state index contributed by atoms with van der Waals surface area (Å²) in [7, 11) is 3.41. The zero-order valence-electron chi connectivity index (χ0n) is 11.8. The number of hydrogen-bond acceptors (Lipinski definition) is 2. The van der Waals surface area contributed by atoms with E-state index in [0.717, 1.165) is 24.1 Å². The molecule has 4 nitrogen and oxygen atoms in total. The van der Waals surface area contributed by atoms with Gasteiger partial charge in [0.05, 0.1) is 6.20 Å². The lowest BCUT2D eigenvalue weighted by atomic mass is 10.2. The number of carbonyl (C=O) groups excluding carboxylic acids is 1. The Balaban J connectivity index is 1.72. The van der Waals surface area contributed by atoms with E-state index in [1.54, 1.807) is 17.9 Å². The van der Waals surface area contributed by atoms with Gasteiger partial charge in [0.25, 0.3) is 0 Å². The van der Waals surface area contributed by atoms with E-state index in [1.807, 2.05) is 13.2 Å². The van der Waals surface area contributed by atoms with Crippen LogP contribution in [-0.4, -0.2) is 22.7 Å². The van der Waals surface area contributed by atoms with Gasteiger partial charge >= 0.3 is 0 Å². The molecule has 1 aromatic carbocycles. The lowest BCUT2D eigenvalue weighted by molar-refractivity contribution is -0.119. The topological polar surface area (TPSA) is 38.1 Å². The van der Waals surface area contributed by atoms with Gasteiger partial charge in [0.15, 0.2) is 11.6 Å². The van der Waals surface area contributed by atoms with Crippen LogP contribution in [0, 0.1) is 17.6 Å². The fourth-order valence-corrected chi connectivity index (χ4v) is 2.54. The van der Waals surface area contributed by atoms with Gasteiger partial charge in [-0.05, 0) is 30.0 Å². The molecule has 2 atom stereocenters. The summed E-state index contributed by atoms with van der Waals surface area (Å²) in [5, 5.41) is 4.10. The predicted molar refractivity (Wildman–Crippen MR) is 73.8 cm³/mol. The Morgan fingerprint density at radius 2 is 2.14 bits per heavy atom. The summed E-state index contributed by atoms with van der Waals surface area (Å²) in [5.74, 6) is -1.91. The fourth-order valence-electron chi connectivity index (χ4n) is 2.54. The Kier molecular flexibility index (Phi) is 3.23. The van der Waals surface area contributed by atoms with Crippen molar-refractivity contribution < 1.29 is 13.6 Å². The normalized spacial score (nSPS) is 20.4. The molecule has 0 unspecified atom stereocenters. The average Bonchev–Trinajstić information content (AvgIpc) is 3.15. The molecule has 1 aliphatic carbocycles. The van der Waals surface area contributed by atoms with Crippen molar-refractivity contribution >= 4 is 11.6 Å². The van der Waals surface area contributed by atoms with Crippen LogP contribution in [0.25, 0.3) is 0 Å². The Morgan fingerprint density at radius 3 is 2.76 bits per heavy atom. The minimum absolute atomic E-state index is 0.0881. The highest BCUT2D eigenvalue weighted by molar-refractivity contribution is 5.97. The summed E-state index contributed by atoms with van der Waals surface area (Å²) in [6, 6.07) is 3.46. The first-order valence-corrected chi connectivity index (χ1v) is 6.68. The molecule has 1 saturated carbocycles. The van der Waals surface area contributed by atoms with Gasteiger partial charge in [-0.1, -0.05) is 0 Å². The largest absolute Gasteiger partial charge is 0.315 e. The highest BCUT2D eigenvalue weighted by atomic mass is 19.2. The van der Waals surface area contributed by atoms with Gasteiger partial charge in [0.2, 0.25) is 5.91 Å². The number of hydrogen-bond donors (Lipinski definition) is 0. The number of nitrogens with zero attached hydrogens (tertiary/aromatic N) is 3. The van der Waals surface area contributed by atoms with Crippen LogP contribution < -0.4 is 4.90 Å². The molecule has 0 N–H and O–H groups in total. The lowest BCUT2D eigenvalue weighted by Gasteiger charge is -2.17. The smallest absolute Gasteiger partial charge is 0.230 e. The van der Waals surface area contributed by atoms with Gasteiger partial charge in [0, 0.05) is 38.0 Å². The Bertz CT molecular complexity index is 698. The van der Waals surface area contributed by atoms with Crippen LogP contribution in [0.15, 0.2) is 30.6 Å². The van der Waals surface area contributed by atoms with E-state index in [0.29, 0.717) is 5.69 Å². The van der Waals surface area contributed by atoms with Gasteiger partial charge in [0.1, 0.15) is 0 Å². The Labute approximate surface area is 121 Å². The molecule has 0 radical (unpaired) electrons. The second-order valence-electron chi connectivity index (χ2n) is 5.39. The number of anilines is 1. The quantitative estimate of drug-likeness (QED) is 0.871. The third kappa shape index (κ3) is 2.53. The maximum atomic E-state index is 13.2. The average molecular weight is 291 g/mol. The number of carbonyl (C=O) groups is 1. The number of benzene rings is 1. The van der Waals surface area contributed by atoms with E-state index in [2.05, 4.69) is 5.10 Å². The summed E-state index contributed by atoms with van der Waals surface area (Å²) in [5.41, 5.74) is 1.39. The maximum Gasteiger partial charge on any atom is 0.230 e. The lowest BCUT2D eigenvalue weighted by Crippen LogP contribution is -2.28. The SMILES string of the molecule is CN(C(=O)[C@@H]1C[C@@H]1c1cnn(C)c1)c1ccc(F)c(F)c1. The molecule has 21 heavy (non-hydrogen) atoms. The molecular formula is C15H15F2N3O. The monoisotopic (exact) mass is 291 g/mol. The zero-order valence-corrected chi connectivity index (χ0v) is 11.8. The van der Waals surface area contributed by atoms with E-state index in [-0.39, 0.29) is 17.7 Å². The summed E-state index contributed by atoms with van der Waals surface area (Å²) in [4.78, 5) is 13.8.